The molecule has 0 aliphatic carbocycles. The van der Waals surface area contributed by atoms with Crippen LogP contribution in [0.1, 0.15) is 278 Å². The van der Waals surface area contributed by atoms with Crippen LogP contribution in [0.3, 0.4) is 0 Å². The van der Waals surface area contributed by atoms with Crippen molar-refractivity contribution >= 4 is 25.7 Å². The first kappa shape index (κ1) is 71.2. The minimum absolute atomic E-state index is 0.161. The lowest BCUT2D eigenvalue weighted by atomic mass is 10.1. The lowest BCUT2D eigenvalue weighted by Crippen LogP contribution is -2.30. The Morgan fingerprint density at radius 3 is 1.11 bits per heavy atom. The van der Waals surface area contributed by atoms with Crippen molar-refractivity contribution in [1.82, 2.24) is 0 Å². The zero-order valence-corrected chi connectivity index (χ0v) is 48.5. The van der Waals surface area contributed by atoms with Crippen molar-refractivity contribution in [3.8, 4) is 0 Å². The Bertz CT molecular complexity index is 1470. The standard InChI is InChI=1S/C62H111O11P/c1-4-7-10-13-16-19-22-24-26-28-29-31-33-35-38-41-44-47-50-53-62(66)73-59(55-69-60(64)51-48-45-42-39-37-34-32-30-27-25-23-20-17-14-11-8-5-2)57-71-74(67,68)70-56-58(54-63)72-61(65)52-49-46-43-40-36-21-18-15-12-9-6-3/h8,11,16-17,19-20,24-27,58-59,63H,4-7,9-10,12-15,18,21-23,28-57H2,1-3H3,(H,67,68)/b11-8-,19-16-,20-17-,26-24-,27-25-. The first-order valence-corrected chi connectivity index (χ1v) is 31.7. The van der Waals surface area contributed by atoms with Gasteiger partial charge in [0.2, 0.25) is 0 Å². The molecular formula is C62H111O11P. The summed E-state index contributed by atoms with van der Waals surface area (Å²) in [5, 5.41) is 9.80. The molecule has 0 aromatic heterocycles. The molecule has 0 aromatic rings. The maximum absolute atomic E-state index is 12.9. The molecule has 0 aromatic carbocycles. The SMILES string of the molecule is CC/C=C\C/C=C\C/C=C\CCCCCCCCCC(=O)OCC(COP(=O)(O)OCC(CO)OC(=O)CCCCCCCCCCCCC)OC(=O)CCCCCCCCCCC/C=C\C/C=C\CCCCC. The third-order valence-electron chi connectivity index (χ3n) is 12.9. The van der Waals surface area contributed by atoms with E-state index in [0.29, 0.717) is 19.3 Å². The van der Waals surface area contributed by atoms with Crippen molar-refractivity contribution < 1.29 is 52.2 Å². The number of hydrogen-bond acceptors (Lipinski definition) is 10. The molecule has 0 radical (unpaired) electrons. The Hall–Kier alpha value is -2.82. The molecule has 0 amide bonds. The highest BCUT2D eigenvalue weighted by molar-refractivity contribution is 7.47. The molecule has 0 saturated carbocycles. The van der Waals surface area contributed by atoms with E-state index in [1.165, 1.54) is 116 Å². The molecule has 0 rings (SSSR count). The summed E-state index contributed by atoms with van der Waals surface area (Å²) in [7, 11) is -4.75. The van der Waals surface area contributed by atoms with E-state index in [4.69, 9.17) is 23.3 Å². The number of carbonyl (C=O) groups is 3. The van der Waals surface area contributed by atoms with Crippen molar-refractivity contribution in [2.24, 2.45) is 0 Å². The molecule has 2 N–H and O–H groups in total. The summed E-state index contributed by atoms with van der Waals surface area (Å²) in [4.78, 5) is 48.6. The number of phosphoric acid groups is 1. The van der Waals surface area contributed by atoms with E-state index in [1.54, 1.807) is 0 Å². The van der Waals surface area contributed by atoms with Gasteiger partial charge >= 0.3 is 25.7 Å². The molecule has 3 atom stereocenters. The van der Waals surface area contributed by atoms with Gasteiger partial charge in [-0.1, -0.05) is 236 Å². The normalized spacial score (nSPS) is 13.7. The van der Waals surface area contributed by atoms with Gasteiger partial charge in [-0.05, 0) is 83.5 Å². The molecule has 11 nitrogen and oxygen atoms in total. The number of ether oxygens (including phenoxy) is 3. The lowest BCUT2D eigenvalue weighted by molar-refractivity contribution is -0.161. The molecule has 0 heterocycles. The highest BCUT2D eigenvalue weighted by Crippen LogP contribution is 2.43. The van der Waals surface area contributed by atoms with Crippen molar-refractivity contribution in [1.29, 1.82) is 0 Å². The lowest BCUT2D eigenvalue weighted by Gasteiger charge is -2.21. The van der Waals surface area contributed by atoms with Crippen LogP contribution in [0.5, 0.6) is 0 Å². The Morgan fingerprint density at radius 2 is 0.703 bits per heavy atom. The summed E-state index contributed by atoms with van der Waals surface area (Å²) in [5.41, 5.74) is 0. The zero-order valence-electron chi connectivity index (χ0n) is 47.6. The van der Waals surface area contributed by atoms with Gasteiger partial charge in [0, 0.05) is 19.3 Å². The molecule has 0 bridgehead atoms. The maximum Gasteiger partial charge on any atom is 0.472 e. The summed E-state index contributed by atoms with van der Waals surface area (Å²) >= 11 is 0. The van der Waals surface area contributed by atoms with Crippen LogP contribution < -0.4 is 0 Å². The Balaban J connectivity index is 4.72. The number of allylic oxidation sites excluding steroid dienone is 10. The van der Waals surface area contributed by atoms with E-state index < -0.39 is 57.8 Å². The summed E-state index contributed by atoms with van der Waals surface area (Å²) < 4.78 is 39.6. The third-order valence-corrected chi connectivity index (χ3v) is 13.9. The van der Waals surface area contributed by atoms with Crippen LogP contribution in [0.25, 0.3) is 0 Å². The van der Waals surface area contributed by atoms with Gasteiger partial charge in [-0.15, -0.1) is 0 Å². The molecule has 0 fully saturated rings. The average molecular weight is 1060 g/mol. The second-order valence-corrected chi connectivity index (χ2v) is 21.6. The number of carbonyl (C=O) groups excluding carboxylic acids is 3. The second-order valence-electron chi connectivity index (χ2n) is 20.1. The van der Waals surface area contributed by atoms with Gasteiger partial charge in [0.05, 0.1) is 19.8 Å². The highest BCUT2D eigenvalue weighted by atomic mass is 31.2. The molecule has 0 saturated heterocycles. The predicted octanol–water partition coefficient (Wildman–Crippen LogP) is 17.9. The van der Waals surface area contributed by atoms with Gasteiger partial charge in [-0.25, -0.2) is 4.57 Å². The minimum atomic E-state index is -4.75. The monoisotopic (exact) mass is 1060 g/mol. The van der Waals surface area contributed by atoms with E-state index in [1.807, 2.05) is 0 Å². The Labute approximate surface area is 453 Å². The number of aliphatic hydroxyl groups is 1. The van der Waals surface area contributed by atoms with Gasteiger partial charge in [0.1, 0.15) is 12.7 Å². The third kappa shape index (κ3) is 54.0. The van der Waals surface area contributed by atoms with Gasteiger partial charge in [-0.2, -0.15) is 0 Å². The Kier molecular flexibility index (Phi) is 54.2. The summed E-state index contributed by atoms with van der Waals surface area (Å²) in [5.74, 6) is -1.47. The van der Waals surface area contributed by atoms with Gasteiger partial charge in [0.15, 0.2) is 6.10 Å². The number of esters is 3. The Morgan fingerprint density at radius 1 is 0.392 bits per heavy atom. The molecule has 3 unspecified atom stereocenters. The van der Waals surface area contributed by atoms with Crippen LogP contribution in [-0.2, 0) is 42.2 Å². The topological polar surface area (TPSA) is 155 Å². The number of phosphoric ester groups is 1. The summed E-state index contributed by atoms with van der Waals surface area (Å²) in [6.45, 7) is 4.52. The van der Waals surface area contributed by atoms with Crippen LogP contribution >= 0.6 is 7.82 Å². The van der Waals surface area contributed by atoms with E-state index in [9.17, 15) is 28.9 Å². The first-order valence-electron chi connectivity index (χ1n) is 30.2. The summed E-state index contributed by atoms with van der Waals surface area (Å²) in [6.07, 6.45) is 61.7. The maximum atomic E-state index is 12.9. The van der Waals surface area contributed by atoms with Crippen LogP contribution in [0, 0.1) is 0 Å². The van der Waals surface area contributed by atoms with Crippen molar-refractivity contribution in [2.45, 2.75) is 290 Å². The fraction of sp³-hybridized carbons (Fsp3) is 0.790. The molecule has 12 heteroatoms. The zero-order chi connectivity index (χ0) is 54.1. The predicted molar refractivity (Wildman–Crippen MR) is 307 cm³/mol. The van der Waals surface area contributed by atoms with Crippen LogP contribution in [0.4, 0.5) is 0 Å². The van der Waals surface area contributed by atoms with Crippen molar-refractivity contribution in [3.05, 3.63) is 60.8 Å². The molecule has 74 heavy (non-hydrogen) atoms. The smallest absolute Gasteiger partial charge is 0.462 e. The van der Waals surface area contributed by atoms with Gasteiger partial charge in [-0.3, -0.25) is 23.4 Å². The van der Waals surface area contributed by atoms with E-state index in [0.717, 1.165) is 103 Å². The molecule has 430 valence electrons. The number of aliphatic hydroxyl groups excluding tert-OH is 1. The van der Waals surface area contributed by atoms with Crippen molar-refractivity contribution in [3.63, 3.8) is 0 Å². The van der Waals surface area contributed by atoms with E-state index in [2.05, 4.69) is 81.5 Å². The number of rotatable bonds is 56. The van der Waals surface area contributed by atoms with E-state index >= 15 is 0 Å². The molecule has 0 aliphatic heterocycles. The second kappa shape index (κ2) is 56.4. The van der Waals surface area contributed by atoms with Crippen LogP contribution in [0.2, 0.25) is 0 Å². The van der Waals surface area contributed by atoms with Gasteiger partial charge < -0.3 is 24.2 Å². The quantitative estimate of drug-likeness (QED) is 0.0197. The van der Waals surface area contributed by atoms with Gasteiger partial charge in [0.25, 0.3) is 0 Å². The molecular weight excluding hydrogens is 952 g/mol. The number of unbranched alkanes of at least 4 members (excludes halogenated alkanes) is 29. The fourth-order valence-electron chi connectivity index (χ4n) is 8.34. The summed E-state index contributed by atoms with van der Waals surface area (Å²) in [6, 6.07) is 0. The first-order chi connectivity index (χ1) is 36.2. The minimum Gasteiger partial charge on any atom is -0.462 e. The van der Waals surface area contributed by atoms with E-state index in [-0.39, 0.29) is 25.9 Å². The highest BCUT2D eigenvalue weighted by Gasteiger charge is 2.28. The molecule has 0 aliphatic rings. The van der Waals surface area contributed by atoms with Crippen LogP contribution in [-0.4, -0.2) is 66.5 Å². The molecule has 0 spiro atoms. The average Bonchev–Trinajstić information content (AvgIpc) is 3.39. The number of hydrogen-bond donors (Lipinski definition) is 2. The van der Waals surface area contributed by atoms with Crippen molar-refractivity contribution in [2.75, 3.05) is 26.4 Å². The largest absolute Gasteiger partial charge is 0.472 e. The fourth-order valence-corrected chi connectivity index (χ4v) is 9.13. The van der Waals surface area contributed by atoms with Crippen LogP contribution in [0.15, 0.2) is 60.8 Å².